The summed E-state index contributed by atoms with van der Waals surface area (Å²) in [7, 11) is 0. The van der Waals surface area contributed by atoms with Gasteiger partial charge in [0, 0.05) is 0 Å². The molecule has 0 spiro atoms. The molecule has 3 aromatic rings. The standard InChI is InChI=1S/C14H7F8N5/c1-4-5(6-7(15)9(17)11(19)10(18)8(6)16)12(23-2-14(20,21)22)27-13(26-4)24-3-25-27/h3,23H,2H2,1H3. The highest BCUT2D eigenvalue weighted by Crippen LogP contribution is 2.37. The Morgan fingerprint density at radius 1 is 0.926 bits per heavy atom. The smallest absolute Gasteiger partial charge is 0.360 e. The maximum atomic E-state index is 14.2. The summed E-state index contributed by atoms with van der Waals surface area (Å²) in [5.41, 5.74) is -2.54. The van der Waals surface area contributed by atoms with Crippen molar-refractivity contribution < 1.29 is 35.1 Å². The number of alkyl halides is 3. The average molecular weight is 397 g/mol. The Balaban J connectivity index is 2.37. The summed E-state index contributed by atoms with van der Waals surface area (Å²) in [5.74, 6) is -12.3. The summed E-state index contributed by atoms with van der Waals surface area (Å²) < 4.78 is 107. The van der Waals surface area contributed by atoms with Crippen LogP contribution in [-0.2, 0) is 0 Å². The third kappa shape index (κ3) is 3.13. The fraction of sp³-hybridized carbons (Fsp3) is 0.214. The second-order valence-corrected chi connectivity index (χ2v) is 5.31. The highest BCUT2D eigenvalue weighted by Gasteiger charge is 2.32. The van der Waals surface area contributed by atoms with E-state index >= 15 is 0 Å². The normalized spacial score (nSPS) is 12.0. The number of nitrogens with one attached hydrogen (secondary N) is 1. The quantitative estimate of drug-likeness (QED) is 0.415. The Morgan fingerprint density at radius 2 is 1.48 bits per heavy atom. The monoisotopic (exact) mass is 397 g/mol. The minimum atomic E-state index is -4.75. The topological polar surface area (TPSA) is 55.1 Å². The number of halogens is 8. The lowest BCUT2D eigenvalue weighted by molar-refractivity contribution is -0.115. The highest BCUT2D eigenvalue weighted by atomic mass is 19.4. The third-order valence-corrected chi connectivity index (χ3v) is 3.52. The summed E-state index contributed by atoms with van der Waals surface area (Å²) in [5, 5.41) is 5.43. The molecule has 0 saturated carbocycles. The van der Waals surface area contributed by atoms with Gasteiger partial charge in [0.25, 0.3) is 5.78 Å². The van der Waals surface area contributed by atoms with Gasteiger partial charge in [-0.05, 0) is 6.92 Å². The minimum Gasteiger partial charge on any atom is -0.360 e. The molecule has 0 saturated heterocycles. The van der Waals surface area contributed by atoms with Crippen LogP contribution in [0.15, 0.2) is 6.33 Å². The number of rotatable bonds is 3. The molecule has 2 heterocycles. The molecule has 0 aliphatic heterocycles. The maximum Gasteiger partial charge on any atom is 0.405 e. The van der Waals surface area contributed by atoms with Gasteiger partial charge in [-0.1, -0.05) is 0 Å². The first-order valence-corrected chi connectivity index (χ1v) is 7.05. The van der Waals surface area contributed by atoms with Gasteiger partial charge >= 0.3 is 6.18 Å². The Hall–Kier alpha value is -2.99. The van der Waals surface area contributed by atoms with Crippen LogP contribution in [-0.4, -0.2) is 32.3 Å². The molecule has 0 bridgehead atoms. The third-order valence-electron chi connectivity index (χ3n) is 3.52. The van der Waals surface area contributed by atoms with Crippen LogP contribution in [0.25, 0.3) is 16.9 Å². The molecule has 0 aliphatic carbocycles. The van der Waals surface area contributed by atoms with E-state index in [9.17, 15) is 35.1 Å². The molecule has 0 amide bonds. The predicted molar refractivity (Wildman–Crippen MR) is 75.3 cm³/mol. The first kappa shape index (κ1) is 18.8. The minimum absolute atomic E-state index is 0.246. The first-order chi connectivity index (χ1) is 12.5. The van der Waals surface area contributed by atoms with Gasteiger partial charge in [-0.2, -0.15) is 27.8 Å². The van der Waals surface area contributed by atoms with E-state index in [0.717, 1.165) is 13.3 Å². The molecule has 1 aromatic carbocycles. The summed E-state index contributed by atoms with van der Waals surface area (Å²) >= 11 is 0. The van der Waals surface area contributed by atoms with Crippen molar-refractivity contribution in [2.24, 2.45) is 0 Å². The van der Waals surface area contributed by atoms with Gasteiger partial charge in [0.05, 0.1) is 16.8 Å². The number of fused-ring (bicyclic) bond motifs is 1. The Morgan fingerprint density at radius 3 is 2.04 bits per heavy atom. The number of hydrogen-bond acceptors (Lipinski definition) is 4. The number of hydrogen-bond donors (Lipinski definition) is 1. The fourth-order valence-electron chi connectivity index (χ4n) is 2.42. The van der Waals surface area contributed by atoms with E-state index in [4.69, 9.17) is 0 Å². The van der Waals surface area contributed by atoms with E-state index in [-0.39, 0.29) is 11.5 Å². The van der Waals surface area contributed by atoms with E-state index in [2.05, 4.69) is 15.1 Å². The van der Waals surface area contributed by atoms with Crippen molar-refractivity contribution in [3.05, 3.63) is 41.1 Å². The number of anilines is 1. The van der Waals surface area contributed by atoms with Crippen LogP contribution in [0.4, 0.5) is 40.9 Å². The molecule has 144 valence electrons. The van der Waals surface area contributed by atoms with Gasteiger partial charge in [0.1, 0.15) is 18.7 Å². The fourth-order valence-corrected chi connectivity index (χ4v) is 2.42. The summed E-state index contributed by atoms with van der Waals surface area (Å²) in [4.78, 5) is 7.41. The molecule has 0 radical (unpaired) electrons. The van der Waals surface area contributed by atoms with Crippen LogP contribution in [0.2, 0.25) is 0 Å². The molecule has 13 heteroatoms. The molecule has 5 nitrogen and oxygen atoms in total. The Labute approximate surface area is 144 Å². The molecule has 0 atom stereocenters. The second-order valence-electron chi connectivity index (χ2n) is 5.31. The molecule has 27 heavy (non-hydrogen) atoms. The van der Waals surface area contributed by atoms with E-state index in [1.54, 1.807) is 0 Å². The van der Waals surface area contributed by atoms with Crippen molar-refractivity contribution >= 4 is 11.6 Å². The zero-order valence-electron chi connectivity index (χ0n) is 13.1. The SMILES string of the molecule is Cc1nc2ncnn2c(NCC(F)(F)F)c1-c1c(F)c(F)c(F)c(F)c1F. The van der Waals surface area contributed by atoms with E-state index in [1.165, 1.54) is 0 Å². The van der Waals surface area contributed by atoms with Crippen molar-refractivity contribution in [2.45, 2.75) is 13.1 Å². The maximum absolute atomic E-state index is 14.2. The lowest BCUT2D eigenvalue weighted by Crippen LogP contribution is -2.24. The largest absolute Gasteiger partial charge is 0.405 e. The number of aryl methyl sites for hydroxylation is 1. The highest BCUT2D eigenvalue weighted by molar-refractivity contribution is 5.79. The number of aromatic nitrogens is 4. The molecule has 2 aromatic heterocycles. The van der Waals surface area contributed by atoms with Gasteiger partial charge < -0.3 is 5.32 Å². The number of nitrogens with zero attached hydrogens (tertiary/aromatic N) is 4. The molecule has 0 unspecified atom stereocenters. The van der Waals surface area contributed by atoms with E-state index < -0.39 is 58.8 Å². The van der Waals surface area contributed by atoms with E-state index in [1.807, 2.05) is 5.32 Å². The van der Waals surface area contributed by atoms with Crippen molar-refractivity contribution in [3.8, 4) is 11.1 Å². The van der Waals surface area contributed by atoms with Crippen molar-refractivity contribution in [1.82, 2.24) is 19.6 Å². The van der Waals surface area contributed by atoms with Crippen LogP contribution in [0.5, 0.6) is 0 Å². The van der Waals surface area contributed by atoms with Crippen LogP contribution in [0, 0.1) is 36.0 Å². The lowest BCUT2D eigenvalue weighted by atomic mass is 10.0. The molecule has 0 aliphatic rings. The van der Waals surface area contributed by atoms with E-state index in [0.29, 0.717) is 4.52 Å². The summed E-state index contributed by atoms with van der Waals surface area (Å²) in [6.45, 7) is -0.561. The van der Waals surface area contributed by atoms with Gasteiger partial charge in [0.2, 0.25) is 5.82 Å². The van der Waals surface area contributed by atoms with Crippen molar-refractivity contribution in [1.29, 1.82) is 0 Å². The van der Waals surface area contributed by atoms with Crippen molar-refractivity contribution in [2.75, 3.05) is 11.9 Å². The van der Waals surface area contributed by atoms with Crippen LogP contribution < -0.4 is 5.32 Å². The van der Waals surface area contributed by atoms with Gasteiger partial charge in [-0.25, -0.2) is 26.9 Å². The number of benzene rings is 1. The van der Waals surface area contributed by atoms with Gasteiger partial charge in [-0.3, -0.25) is 0 Å². The molecule has 3 rings (SSSR count). The Kier molecular flexibility index (Phi) is 4.40. The lowest BCUT2D eigenvalue weighted by Gasteiger charge is -2.17. The molecular weight excluding hydrogens is 390 g/mol. The van der Waals surface area contributed by atoms with Gasteiger partial charge in [0.15, 0.2) is 23.3 Å². The predicted octanol–water partition coefficient (Wildman–Crippen LogP) is 3.77. The Bertz CT molecular complexity index is 1010. The molecule has 1 N–H and O–H groups in total. The van der Waals surface area contributed by atoms with Gasteiger partial charge in [-0.15, -0.1) is 0 Å². The van der Waals surface area contributed by atoms with Crippen LogP contribution in [0.1, 0.15) is 5.69 Å². The molecule has 0 fully saturated rings. The van der Waals surface area contributed by atoms with Crippen molar-refractivity contribution in [3.63, 3.8) is 0 Å². The molecular formula is C14H7F8N5. The summed E-state index contributed by atoms with van der Waals surface area (Å²) in [6.07, 6.45) is -3.86. The average Bonchev–Trinajstić information content (AvgIpc) is 3.04. The summed E-state index contributed by atoms with van der Waals surface area (Å²) in [6, 6.07) is 0. The van der Waals surface area contributed by atoms with Crippen LogP contribution >= 0.6 is 0 Å². The first-order valence-electron chi connectivity index (χ1n) is 7.05. The zero-order valence-corrected chi connectivity index (χ0v) is 13.1. The van der Waals surface area contributed by atoms with Crippen LogP contribution in [0.3, 0.4) is 0 Å². The second kappa shape index (κ2) is 6.32. The zero-order chi connectivity index (χ0) is 20.1.